The van der Waals surface area contributed by atoms with Gasteiger partial charge in [0.2, 0.25) is 0 Å². The number of rotatable bonds is 3. The summed E-state index contributed by atoms with van der Waals surface area (Å²) in [6.45, 7) is 0. The molecule has 4 nitrogen and oxygen atoms in total. The quantitative estimate of drug-likeness (QED) is 0.275. The number of pyridine rings is 1. The van der Waals surface area contributed by atoms with Crippen molar-refractivity contribution in [1.29, 1.82) is 0 Å². The molecule has 0 spiro atoms. The van der Waals surface area contributed by atoms with Crippen molar-refractivity contribution in [3.63, 3.8) is 0 Å². The number of hydrogen-bond donors (Lipinski definition) is 0. The Hall–Kier alpha value is -3.20. The molecule has 2 aromatic carbocycles. The molecule has 9 heteroatoms. The van der Waals surface area contributed by atoms with E-state index in [4.69, 9.17) is 0 Å². The van der Waals surface area contributed by atoms with Crippen LogP contribution in [0.25, 0.3) is 28.0 Å². The topological polar surface area (TPSA) is 47.8 Å². The van der Waals surface area contributed by atoms with Gasteiger partial charge in [0.15, 0.2) is 22.4 Å². The zero-order valence-electron chi connectivity index (χ0n) is 14.8. The van der Waals surface area contributed by atoms with Gasteiger partial charge >= 0.3 is 0 Å². The zero-order valence-corrected chi connectivity index (χ0v) is 15.6. The van der Waals surface area contributed by atoms with Crippen molar-refractivity contribution in [2.45, 2.75) is 5.16 Å². The van der Waals surface area contributed by atoms with Crippen molar-refractivity contribution >= 4 is 22.8 Å². The van der Waals surface area contributed by atoms with Crippen molar-refractivity contribution in [3.8, 4) is 16.9 Å². The van der Waals surface area contributed by atoms with E-state index in [1.54, 1.807) is 12.3 Å². The lowest BCUT2D eigenvalue weighted by Gasteiger charge is -2.14. The van der Waals surface area contributed by atoms with Crippen LogP contribution >= 0.6 is 11.8 Å². The third-order valence-electron chi connectivity index (χ3n) is 4.25. The highest BCUT2D eigenvalue weighted by Gasteiger charge is 2.21. The van der Waals surface area contributed by atoms with Gasteiger partial charge in [0.1, 0.15) is 17.3 Å². The Labute approximate surface area is 165 Å². The average Bonchev–Trinajstić information content (AvgIpc) is 2.68. The molecule has 0 saturated carbocycles. The predicted molar refractivity (Wildman–Crippen MR) is 102 cm³/mol. The normalized spacial score (nSPS) is 11.2. The van der Waals surface area contributed by atoms with Crippen LogP contribution in [0.1, 0.15) is 0 Å². The van der Waals surface area contributed by atoms with E-state index in [0.29, 0.717) is 16.7 Å². The van der Waals surface area contributed by atoms with Crippen molar-refractivity contribution < 1.29 is 17.6 Å². The highest BCUT2D eigenvalue weighted by atomic mass is 32.2. The fraction of sp³-hybridized carbons (Fsp3) is 0.0500. The third-order valence-corrected chi connectivity index (χ3v) is 4.79. The van der Waals surface area contributed by atoms with Gasteiger partial charge in [-0.15, -0.1) is 0 Å². The lowest BCUT2D eigenvalue weighted by atomic mass is 10.1. The van der Waals surface area contributed by atoms with Crippen LogP contribution in [-0.2, 0) is 0 Å². The molecule has 29 heavy (non-hydrogen) atoms. The average molecular weight is 417 g/mol. The number of benzene rings is 2. The molecular formula is C20H11F4N3OS. The molecule has 0 fully saturated rings. The molecular weight excluding hydrogens is 406 g/mol. The van der Waals surface area contributed by atoms with E-state index in [1.807, 2.05) is 0 Å². The standard InChI is InChI=1S/C20H11F4N3OS/c1-29-20-25-17(11-4-2-3-5-13(11)22)12-6-7-16(28)27(19(12)26-20)18-14(23)8-10(21)9-15(18)24/h2-9H,1H3. The maximum atomic E-state index is 14.4. The van der Waals surface area contributed by atoms with Crippen LogP contribution in [0.15, 0.2) is 58.5 Å². The van der Waals surface area contributed by atoms with Crippen molar-refractivity contribution in [2.24, 2.45) is 0 Å². The molecule has 0 amide bonds. The van der Waals surface area contributed by atoms with E-state index < -0.39 is 34.5 Å². The molecule has 4 aromatic rings. The Bertz CT molecular complexity index is 1300. The summed E-state index contributed by atoms with van der Waals surface area (Å²) in [4.78, 5) is 21.1. The third kappa shape index (κ3) is 3.27. The van der Waals surface area contributed by atoms with E-state index in [-0.39, 0.29) is 27.4 Å². The number of hydrogen-bond acceptors (Lipinski definition) is 4. The first kappa shape index (κ1) is 19.1. The summed E-state index contributed by atoms with van der Waals surface area (Å²) in [7, 11) is 0. The number of thioether (sulfide) groups is 1. The number of aromatic nitrogens is 3. The van der Waals surface area contributed by atoms with Gasteiger partial charge < -0.3 is 0 Å². The first-order valence-electron chi connectivity index (χ1n) is 8.28. The smallest absolute Gasteiger partial charge is 0.256 e. The van der Waals surface area contributed by atoms with Crippen LogP contribution in [0.3, 0.4) is 0 Å². The van der Waals surface area contributed by atoms with E-state index in [2.05, 4.69) is 9.97 Å². The van der Waals surface area contributed by atoms with Crippen molar-refractivity contribution in [1.82, 2.24) is 14.5 Å². The van der Waals surface area contributed by atoms with E-state index >= 15 is 0 Å². The van der Waals surface area contributed by atoms with Crippen molar-refractivity contribution in [2.75, 3.05) is 6.26 Å². The molecule has 0 aliphatic carbocycles. The molecule has 0 N–H and O–H groups in total. The van der Waals surface area contributed by atoms with Gasteiger partial charge in [0, 0.05) is 29.1 Å². The van der Waals surface area contributed by atoms with Crippen LogP contribution in [-0.4, -0.2) is 20.8 Å². The largest absolute Gasteiger partial charge is 0.269 e. The second-order valence-corrected chi connectivity index (χ2v) is 6.77. The van der Waals surface area contributed by atoms with E-state index in [1.165, 1.54) is 24.3 Å². The lowest BCUT2D eigenvalue weighted by molar-refractivity contribution is 0.533. The molecule has 0 aliphatic heterocycles. The van der Waals surface area contributed by atoms with Crippen LogP contribution in [0.5, 0.6) is 0 Å². The molecule has 146 valence electrons. The summed E-state index contributed by atoms with van der Waals surface area (Å²) >= 11 is 1.11. The van der Waals surface area contributed by atoms with E-state index in [9.17, 15) is 22.4 Å². The predicted octanol–water partition coefficient (Wildman–Crippen LogP) is 4.73. The van der Waals surface area contributed by atoms with Crippen LogP contribution in [0.4, 0.5) is 17.6 Å². The summed E-state index contributed by atoms with van der Waals surface area (Å²) in [5.41, 5.74) is -1.38. The highest BCUT2D eigenvalue weighted by Crippen LogP contribution is 2.31. The highest BCUT2D eigenvalue weighted by molar-refractivity contribution is 7.98. The monoisotopic (exact) mass is 417 g/mol. The molecule has 0 saturated heterocycles. The Kier molecular flexibility index (Phi) is 4.83. The van der Waals surface area contributed by atoms with Crippen LogP contribution in [0, 0.1) is 23.3 Å². The van der Waals surface area contributed by atoms with Gasteiger partial charge in [-0.3, -0.25) is 9.36 Å². The molecule has 2 aromatic heterocycles. The number of fused-ring (bicyclic) bond motifs is 1. The lowest BCUT2D eigenvalue weighted by Crippen LogP contribution is -2.21. The molecule has 0 bridgehead atoms. The molecule has 0 radical (unpaired) electrons. The molecule has 2 heterocycles. The summed E-state index contributed by atoms with van der Waals surface area (Å²) in [6, 6.07) is 9.23. The van der Waals surface area contributed by atoms with Gasteiger partial charge in [-0.05, 0) is 24.5 Å². The fourth-order valence-electron chi connectivity index (χ4n) is 3.01. The second kappa shape index (κ2) is 7.32. The minimum absolute atomic E-state index is 0.125. The molecule has 0 atom stereocenters. The van der Waals surface area contributed by atoms with Gasteiger partial charge in [-0.25, -0.2) is 27.5 Å². The summed E-state index contributed by atoms with van der Waals surface area (Å²) in [5.74, 6) is -4.22. The van der Waals surface area contributed by atoms with Crippen LogP contribution < -0.4 is 5.56 Å². The van der Waals surface area contributed by atoms with Gasteiger partial charge in [-0.2, -0.15) is 0 Å². The first-order valence-corrected chi connectivity index (χ1v) is 9.51. The molecule has 4 rings (SSSR count). The van der Waals surface area contributed by atoms with Gasteiger partial charge in [0.05, 0.1) is 5.69 Å². The second-order valence-electron chi connectivity index (χ2n) is 6.00. The van der Waals surface area contributed by atoms with Crippen molar-refractivity contribution in [3.05, 3.63) is 82.2 Å². The maximum absolute atomic E-state index is 14.4. The Morgan fingerprint density at radius 2 is 1.59 bits per heavy atom. The van der Waals surface area contributed by atoms with Gasteiger partial charge in [-0.1, -0.05) is 23.9 Å². The number of nitrogens with zero attached hydrogens (tertiary/aromatic N) is 3. The Balaban J connectivity index is 2.16. The minimum Gasteiger partial charge on any atom is -0.269 e. The number of halogens is 4. The maximum Gasteiger partial charge on any atom is 0.256 e. The Morgan fingerprint density at radius 3 is 2.24 bits per heavy atom. The summed E-state index contributed by atoms with van der Waals surface area (Å²) < 4.78 is 57.3. The minimum atomic E-state index is -1.27. The van der Waals surface area contributed by atoms with Gasteiger partial charge in [0.25, 0.3) is 5.56 Å². The molecule has 0 aliphatic rings. The summed E-state index contributed by atoms with van der Waals surface area (Å²) in [6.07, 6.45) is 1.66. The first-order chi connectivity index (χ1) is 13.9. The molecule has 0 unspecified atom stereocenters. The van der Waals surface area contributed by atoms with Crippen LogP contribution in [0.2, 0.25) is 0 Å². The Morgan fingerprint density at radius 1 is 0.897 bits per heavy atom. The fourth-order valence-corrected chi connectivity index (χ4v) is 3.37. The SMILES string of the molecule is CSc1nc(-c2ccccc2F)c2ccc(=O)n(-c3c(F)cc(F)cc3F)c2n1. The summed E-state index contributed by atoms with van der Waals surface area (Å²) in [5, 5.41) is 0.369. The van der Waals surface area contributed by atoms with E-state index in [0.717, 1.165) is 17.8 Å². The zero-order chi connectivity index (χ0) is 20.7.